The quantitative estimate of drug-likeness (QED) is 0.894. The van der Waals surface area contributed by atoms with E-state index < -0.39 is 5.60 Å². The molecule has 2 fully saturated rings. The maximum absolute atomic E-state index is 9.97. The summed E-state index contributed by atoms with van der Waals surface area (Å²) in [7, 11) is 0. The number of aliphatic hydroxyl groups is 1. The lowest BCUT2D eigenvalue weighted by atomic mass is 10.1. The van der Waals surface area contributed by atoms with Gasteiger partial charge in [0.1, 0.15) is 11.9 Å². The smallest absolute Gasteiger partial charge is 0.119 e. The van der Waals surface area contributed by atoms with Gasteiger partial charge in [0.05, 0.1) is 5.60 Å². The molecule has 1 saturated carbocycles. The number of benzene rings is 1. The highest BCUT2D eigenvalue weighted by Crippen LogP contribution is 2.45. The third-order valence-electron chi connectivity index (χ3n) is 3.59. The highest BCUT2D eigenvalue weighted by atomic mass is 32.2. The first-order valence-corrected chi connectivity index (χ1v) is 7.49. The molecule has 0 unspecified atom stereocenters. The minimum Gasteiger partial charge on any atom is -0.490 e. The van der Waals surface area contributed by atoms with Crippen LogP contribution in [-0.2, 0) is 5.60 Å². The average molecular weight is 250 g/mol. The minimum atomic E-state index is -0.528. The zero-order chi connectivity index (χ0) is 11.7. The second-order valence-electron chi connectivity index (χ2n) is 4.99. The van der Waals surface area contributed by atoms with E-state index in [2.05, 4.69) is 0 Å². The van der Waals surface area contributed by atoms with Crippen molar-refractivity contribution in [2.45, 2.75) is 37.4 Å². The Hall–Kier alpha value is -0.670. The zero-order valence-electron chi connectivity index (χ0n) is 9.89. The largest absolute Gasteiger partial charge is 0.490 e. The molecule has 0 spiro atoms. The number of ether oxygens (including phenoxy) is 1. The molecule has 1 aromatic carbocycles. The van der Waals surface area contributed by atoms with Gasteiger partial charge in [0, 0.05) is 0 Å². The van der Waals surface area contributed by atoms with Crippen LogP contribution < -0.4 is 4.74 Å². The summed E-state index contributed by atoms with van der Waals surface area (Å²) >= 11 is 2.01. The molecule has 3 rings (SSSR count). The zero-order valence-corrected chi connectivity index (χ0v) is 10.7. The molecule has 1 N–H and O–H groups in total. The first-order chi connectivity index (χ1) is 8.26. The lowest BCUT2D eigenvalue weighted by Gasteiger charge is -2.23. The number of rotatable bonds is 3. The van der Waals surface area contributed by atoms with Crippen molar-refractivity contribution in [2.75, 3.05) is 11.5 Å². The molecule has 1 heterocycles. The summed E-state index contributed by atoms with van der Waals surface area (Å²) in [6.07, 6.45) is 4.47. The summed E-state index contributed by atoms with van der Waals surface area (Å²) < 4.78 is 5.95. The maximum Gasteiger partial charge on any atom is 0.119 e. The van der Waals surface area contributed by atoms with E-state index in [1.165, 1.54) is 11.5 Å². The molecule has 0 radical (unpaired) electrons. The molecule has 17 heavy (non-hydrogen) atoms. The molecule has 0 atom stereocenters. The lowest BCUT2D eigenvalue weighted by molar-refractivity contribution is 0.151. The second kappa shape index (κ2) is 4.54. The van der Waals surface area contributed by atoms with Gasteiger partial charge in [-0.2, -0.15) is 11.8 Å². The summed E-state index contributed by atoms with van der Waals surface area (Å²) in [6, 6.07) is 7.99. The van der Waals surface area contributed by atoms with Crippen LogP contribution in [-0.4, -0.2) is 22.7 Å². The maximum atomic E-state index is 9.97. The van der Waals surface area contributed by atoms with Crippen molar-refractivity contribution in [3.05, 3.63) is 29.8 Å². The molecule has 1 aliphatic heterocycles. The Labute approximate surface area is 106 Å². The Morgan fingerprint density at radius 2 is 1.76 bits per heavy atom. The van der Waals surface area contributed by atoms with Gasteiger partial charge in [0.15, 0.2) is 0 Å². The van der Waals surface area contributed by atoms with Crippen molar-refractivity contribution in [2.24, 2.45) is 0 Å². The van der Waals surface area contributed by atoms with Crippen LogP contribution in [0.3, 0.4) is 0 Å². The first-order valence-electron chi connectivity index (χ1n) is 6.34. The topological polar surface area (TPSA) is 29.5 Å². The normalized spacial score (nSPS) is 23.4. The van der Waals surface area contributed by atoms with Gasteiger partial charge in [-0.1, -0.05) is 12.1 Å². The van der Waals surface area contributed by atoms with Crippen LogP contribution in [0.25, 0.3) is 0 Å². The van der Waals surface area contributed by atoms with Crippen molar-refractivity contribution in [1.82, 2.24) is 0 Å². The Balaban J connectivity index is 1.63. The van der Waals surface area contributed by atoms with Gasteiger partial charge >= 0.3 is 0 Å². The van der Waals surface area contributed by atoms with Crippen LogP contribution >= 0.6 is 11.8 Å². The first kappa shape index (κ1) is 11.4. The van der Waals surface area contributed by atoms with Crippen LogP contribution in [0.1, 0.15) is 31.2 Å². The standard InChI is InChI=1S/C14H18O2S/c15-14(7-8-14)11-1-3-12(4-2-11)16-13-5-9-17-10-6-13/h1-4,13,15H,5-10H2. The van der Waals surface area contributed by atoms with Gasteiger partial charge in [0.2, 0.25) is 0 Å². The molecule has 1 aromatic rings. The van der Waals surface area contributed by atoms with Gasteiger partial charge in [-0.15, -0.1) is 0 Å². The van der Waals surface area contributed by atoms with Gasteiger partial charge in [-0.3, -0.25) is 0 Å². The van der Waals surface area contributed by atoms with E-state index in [1.54, 1.807) is 0 Å². The highest BCUT2D eigenvalue weighted by Gasteiger charge is 2.41. The summed E-state index contributed by atoms with van der Waals surface area (Å²) in [5, 5.41) is 9.97. The fraction of sp³-hybridized carbons (Fsp3) is 0.571. The van der Waals surface area contributed by atoms with Gasteiger partial charge in [0.25, 0.3) is 0 Å². The predicted molar refractivity (Wildman–Crippen MR) is 70.5 cm³/mol. The molecular weight excluding hydrogens is 232 g/mol. The van der Waals surface area contributed by atoms with Crippen molar-refractivity contribution in [3.8, 4) is 5.75 Å². The van der Waals surface area contributed by atoms with Gasteiger partial charge in [-0.05, 0) is 54.9 Å². The molecule has 3 heteroatoms. The van der Waals surface area contributed by atoms with Gasteiger partial charge < -0.3 is 9.84 Å². The average Bonchev–Trinajstić information content (AvgIpc) is 3.11. The predicted octanol–water partition coefficient (Wildman–Crippen LogP) is 2.94. The van der Waals surface area contributed by atoms with Crippen LogP contribution in [0.15, 0.2) is 24.3 Å². The van der Waals surface area contributed by atoms with E-state index in [9.17, 15) is 5.11 Å². The van der Waals surface area contributed by atoms with E-state index in [0.717, 1.165) is 37.0 Å². The molecule has 0 amide bonds. The number of thioether (sulfide) groups is 1. The van der Waals surface area contributed by atoms with Gasteiger partial charge in [-0.25, -0.2) is 0 Å². The molecular formula is C14H18O2S. The van der Waals surface area contributed by atoms with Crippen LogP contribution in [0, 0.1) is 0 Å². The fourth-order valence-electron chi connectivity index (χ4n) is 2.24. The molecule has 1 aliphatic carbocycles. The van der Waals surface area contributed by atoms with Crippen molar-refractivity contribution >= 4 is 11.8 Å². The number of hydrogen-bond acceptors (Lipinski definition) is 3. The monoisotopic (exact) mass is 250 g/mol. The van der Waals surface area contributed by atoms with Crippen LogP contribution in [0.4, 0.5) is 0 Å². The number of hydrogen-bond donors (Lipinski definition) is 1. The summed E-state index contributed by atoms with van der Waals surface area (Å²) in [4.78, 5) is 0. The SMILES string of the molecule is OC1(c2ccc(OC3CCSCC3)cc2)CC1. The highest BCUT2D eigenvalue weighted by molar-refractivity contribution is 7.99. The molecule has 2 nitrogen and oxygen atoms in total. The Bertz CT molecular complexity index is 378. The summed E-state index contributed by atoms with van der Waals surface area (Å²) in [5.74, 6) is 3.36. The second-order valence-corrected chi connectivity index (χ2v) is 6.21. The third-order valence-corrected chi connectivity index (χ3v) is 4.64. The lowest BCUT2D eigenvalue weighted by Crippen LogP contribution is -2.22. The summed E-state index contributed by atoms with van der Waals surface area (Å²) in [6.45, 7) is 0. The molecule has 92 valence electrons. The van der Waals surface area contributed by atoms with E-state index in [-0.39, 0.29) is 0 Å². The third kappa shape index (κ3) is 2.61. The molecule has 0 aromatic heterocycles. The minimum absolute atomic E-state index is 0.381. The van der Waals surface area contributed by atoms with E-state index in [0.29, 0.717) is 6.10 Å². The fourth-order valence-corrected chi connectivity index (χ4v) is 3.30. The Morgan fingerprint density at radius 1 is 1.12 bits per heavy atom. The molecule has 2 aliphatic rings. The van der Waals surface area contributed by atoms with E-state index in [1.807, 2.05) is 36.0 Å². The summed E-state index contributed by atoms with van der Waals surface area (Å²) in [5.41, 5.74) is 0.504. The van der Waals surface area contributed by atoms with Crippen molar-refractivity contribution in [1.29, 1.82) is 0 Å². The Kier molecular flexibility index (Phi) is 3.05. The van der Waals surface area contributed by atoms with Crippen molar-refractivity contribution < 1.29 is 9.84 Å². The Morgan fingerprint density at radius 3 is 2.35 bits per heavy atom. The van der Waals surface area contributed by atoms with Crippen LogP contribution in [0.5, 0.6) is 5.75 Å². The molecule has 1 saturated heterocycles. The van der Waals surface area contributed by atoms with E-state index >= 15 is 0 Å². The van der Waals surface area contributed by atoms with E-state index in [4.69, 9.17) is 4.74 Å². The van der Waals surface area contributed by atoms with Crippen LogP contribution in [0.2, 0.25) is 0 Å². The van der Waals surface area contributed by atoms with Crippen molar-refractivity contribution in [3.63, 3.8) is 0 Å². The molecule has 0 bridgehead atoms.